The van der Waals surface area contributed by atoms with Crippen LogP contribution in [-0.2, 0) is 7.05 Å². The van der Waals surface area contributed by atoms with E-state index < -0.39 is 11.8 Å². The molecule has 7 heteroatoms. The molecule has 2 aromatic rings. The first-order valence-corrected chi connectivity index (χ1v) is 5.14. The van der Waals surface area contributed by atoms with E-state index in [1.54, 1.807) is 25.2 Å². The summed E-state index contributed by atoms with van der Waals surface area (Å²) in [6, 6.07) is 4.96. The Morgan fingerprint density at radius 1 is 1.39 bits per heavy atom. The number of anilines is 1. The Kier molecular flexibility index (Phi) is 3.05. The summed E-state index contributed by atoms with van der Waals surface area (Å²) >= 11 is 0. The monoisotopic (exact) mass is 245 g/mol. The average Bonchev–Trinajstić information content (AvgIpc) is 2.72. The predicted octanol–water partition coefficient (Wildman–Crippen LogP) is 0.166. The van der Waals surface area contributed by atoms with Crippen molar-refractivity contribution in [3.63, 3.8) is 0 Å². The smallest absolute Gasteiger partial charge is 0.275 e. The second-order valence-corrected chi connectivity index (χ2v) is 3.56. The number of nitrogens with zero attached hydrogens (tertiary/aromatic N) is 3. The van der Waals surface area contributed by atoms with E-state index in [1.807, 2.05) is 0 Å². The van der Waals surface area contributed by atoms with E-state index in [9.17, 15) is 9.59 Å². The van der Waals surface area contributed by atoms with E-state index in [0.717, 1.165) is 0 Å². The molecule has 0 aromatic carbocycles. The van der Waals surface area contributed by atoms with Gasteiger partial charge in [0.25, 0.3) is 11.8 Å². The first-order chi connectivity index (χ1) is 8.59. The van der Waals surface area contributed by atoms with Crippen molar-refractivity contribution in [3.05, 3.63) is 41.9 Å². The molecular formula is C11H11N5O2. The molecule has 0 spiro atoms. The molecule has 0 atom stereocenters. The molecule has 92 valence electrons. The van der Waals surface area contributed by atoms with Gasteiger partial charge in [0.05, 0.1) is 6.20 Å². The van der Waals surface area contributed by atoms with Crippen LogP contribution in [-0.4, -0.2) is 26.6 Å². The van der Waals surface area contributed by atoms with Gasteiger partial charge in [0.1, 0.15) is 17.1 Å². The number of nitrogens with two attached hydrogens (primary N) is 1. The fraction of sp³-hybridized carbons (Fsp3) is 0.0909. The Balaban J connectivity index is 2.27. The molecule has 0 saturated heterocycles. The van der Waals surface area contributed by atoms with Crippen molar-refractivity contribution in [2.75, 3.05) is 5.32 Å². The minimum absolute atomic E-state index is 0.154. The molecule has 0 aliphatic carbocycles. The van der Waals surface area contributed by atoms with Crippen LogP contribution in [0.1, 0.15) is 20.8 Å². The standard InChI is InChI=1S/C11H11N5O2/c1-16-10(7(6-14-16)9(12)17)15-11(18)8-4-2-3-5-13-8/h2-6H,1H3,(H2,12,17)(H,15,18). The van der Waals surface area contributed by atoms with Crippen molar-refractivity contribution in [3.8, 4) is 0 Å². The molecule has 18 heavy (non-hydrogen) atoms. The van der Waals surface area contributed by atoms with Crippen LogP contribution in [0.5, 0.6) is 0 Å². The summed E-state index contributed by atoms with van der Waals surface area (Å²) in [6.45, 7) is 0. The van der Waals surface area contributed by atoms with Gasteiger partial charge in [-0.05, 0) is 12.1 Å². The lowest BCUT2D eigenvalue weighted by molar-refractivity contribution is 0.100. The summed E-state index contributed by atoms with van der Waals surface area (Å²) in [6.07, 6.45) is 2.81. The van der Waals surface area contributed by atoms with Crippen LogP contribution in [0.3, 0.4) is 0 Å². The quantitative estimate of drug-likeness (QED) is 0.804. The highest BCUT2D eigenvalue weighted by Crippen LogP contribution is 2.14. The van der Waals surface area contributed by atoms with Crippen LogP contribution in [0, 0.1) is 0 Å². The number of rotatable bonds is 3. The Morgan fingerprint density at radius 3 is 2.78 bits per heavy atom. The SMILES string of the molecule is Cn1ncc(C(N)=O)c1NC(=O)c1ccccn1. The van der Waals surface area contributed by atoms with Gasteiger partial charge in [0.15, 0.2) is 0 Å². The zero-order valence-corrected chi connectivity index (χ0v) is 9.62. The third kappa shape index (κ3) is 2.19. The molecular weight excluding hydrogens is 234 g/mol. The van der Waals surface area contributed by atoms with Gasteiger partial charge in [-0.25, -0.2) is 0 Å². The lowest BCUT2D eigenvalue weighted by Crippen LogP contribution is -2.19. The highest BCUT2D eigenvalue weighted by molar-refractivity contribution is 6.06. The number of nitrogens with one attached hydrogen (secondary N) is 1. The predicted molar refractivity (Wildman–Crippen MR) is 63.9 cm³/mol. The second kappa shape index (κ2) is 4.66. The van der Waals surface area contributed by atoms with Crippen molar-refractivity contribution < 1.29 is 9.59 Å². The van der Waals surface area contributed by atoms with Crippen molar-refractivity contribution in [1.29, 1.82) is 0 Å². The number of primary amides is 1. The van der Waals surface area contributed by atoms with Crippen molar-refractivity contribution in [2.45, 2.75) is 0 Å². The van der Waals surface area contributed by atoms with E-state index in [2.05, 4.69) is 15.4 Å². The van der Waals surface area contributed by atoms with Gasteiger partial charge in [-0.15, -0.1) is 0 Å². The number of hydrogen-bond donors (Lipinski definition) is 2. The fourth-order valence-corrected chi connectivity index (χ4v) is 1.43. The molecule has 0 fully saturated rings. The largest absolute Gasteiger partial charge is 0.365 e. The minimum Gasteiger partial charge on any atom is -0.365 e. The van der Waals surface area contributed by atoms with Crippen LogP contribution < -0.4 is 11.1 Å². The highest BCUT2D eigenvalue weighted by atomic mass is 16.2. The van der Waals surface area contributed by atoms with Gasteiger partial charge in [-0.2, -0.15) is 5.10 Å². The molecule has 2 rings (SSSR count). The van der Waals surface area contributed by atoms with Crippen LogP contribution >= 0.6 is 0 Å². The summed E-state index contributed by atoms with van der Waals surface area (Å²) in [5.41, 5.74) is 5.58. The first-order valence-electron chi connectivity index (χ1n) is 5.14. The topological polar surface area (TPSA) is 103 Å². The maximum Gasteiger partial charge on any atom is 0.275 e. The molecule has 0 unspecified atom stereocenters. The summed E-state index contributed by atoms with van der Waals surface area (Å²) in [7, 11) is 1.60. The number of hydrogen-bond acceptors (Lipinski definition) is 4. The van der Waals surface area contributed by atoms with Gasteiger partial charge in [0.2, 0.25) is 0 Å². The average molecular weight is 245 g/mol. The van der Waals surface area contributed by atoms with Crippen LogP contribution in [0.25, 0.3) is 0 Å². The van der Waals surface area contributed by atoms with E-state index in [4.69, 9.17) is 5.73 Å². The summed E-state index contributed by atoms with van der Waals surface area (Å²) in [5, 5.41) is 6.42. The highest BCUT2D eigenvalue weighted by Gasteiger charge is 2.16. The first kappa shape index (κ1) is 11.8. The summed E-state index contributed by atoms with van der Waals surface area (Å²) < 4.78 is 1.36. The molecule has 7 nitrogen and oxygen atoms in total. The van der Waals surface area contributed by atoms with Gasteiger partial charge in [-0.1, -0.05) is 6.07 Å². The van der Waals surface area contributed by atoms with Crippen LogP contribution in [0.4, 0.5) is 5.82 Å². The normalized spacial score (nSPS) is 10.1. The Hall–Kier alpha value is -2.70. The third-order valence-electron chi connectivity index (χ3n) is 2.33. The number of aromatic nitrogens is 3. The lowest BCUT2D eigenvalue weighted by atomic mass is 10.3. The number of pyridine rings is 1. The molecule has 2 aromatic heterocycles. The lowest BCUT2D eigenvalue weighted by Gasteiger charge is -2.06. The van der Waals surface area contributed by atoms with Gasteiger partial charge in [0, 0.05) is 13.2 Å². The van der Waals surface area contributed by atoms with E-state index >= 15 is 0 Å². The zero-order chi connectivity index (χ0) is 13.1. The van der Waals surface area contributed by atoms with Crippen LogP contribution in [0.2, 0.25) is 0 Å². The molecule has 2 amide bonds. The second-order valence-electron chi connectivity index (χ2n) is 3.56. The molecule has 0 radical (unpaired) electrons. The maximum absolute atomic E-state index is 11.9. The number of carbonyl (C=O) groups excluding carboxylic acids is 2. The molecule has 0 aliphatic rings. The van der Waals surface area contributed by atoms with E-state index in [0.29, 0.717) is 0 Å². The molecule has 0 aliphatic heterocycles. The van der Waals surface area contributed by atoms with Crippen LogP contribution in [0.15, 0.2) is 30.6 Å². The van der Waals surface area contributed by atoms with Crippen molar-refractivity contribution >= 4 is 17.6 Å². The van der Waals surface area contributed by atoms with Gasteiger partial charge >= 0.3 is 0 Å². The Morgan fingerprint density at radius 2 is 2.17 bits per heavy atom. The number of aryl methyl sites for hydroxylation is 1. The molecule has 3 N–H and O–H groups in total. The number of amides is 2. The summed E-state index contributed by atoms with van der Waals surface area (Å²) in [4.78, 5) is 26.9. The maximum atomic E-state index is 11.9. The molecule has 0 bridgehead atoms. The Bertz CT molecular complexity index is 591. The Labute approximate surface area is 103 Å². The van der Waals surface area contributed by atoms with Gasteiger partial charge < -0.3 is 11.1 Å². The number of carbonyl (C=O) groups is 2. The molecule has 0 saturated carbocycles. The van der Waals surface area contributed by atoms with Crippen molar-refractivity contribution in [1.82, 2.24) is 14.8 Å². The molecule has 2 heterocycles. The third-order valence-corrected chi connectivity index (χ3v) is 2.33. The summed E-state index contributed by atoms with van der Waals surface area (Å²) in [5.74, 6) is -0.834. The fourth-order valence-electron chi connectivity index (χ4n) is 1.43. The van der Waals surface area contributed by atoms with E-state index in [-0.39, 0.29) is 17.1 Å². The van der Waals surface area contributed by atoms with E-state index in [1.165, 1.54) is 17.1 Å². The van der Waals surface area contributed by atoms with Crippen molar-refractivity contribution in [2.24, 2.45) is 12.8 Å². The van der Waals surface area contributed by atoms with Gasteiger partial charge in [-0.3, -0.25) is 19.3 Å². The minimum atomic E-state index is -0.653. The zero-order valence-electron chi connectivity index (χ0n) is 9.62.